The van der Waals surface area contributed by atoms with Gasteiger partial charge >= 0.3 is 0 Å². The van der Waals surface area contributed by atoms with Crippen LogP contribution in [0.5, 0.6) is 5.75 Å². The minimum absolute atomic E-state index is 0.0238. The number of ether oxygens (including phenoxy) is 1. The van der Waals surface area contributed by atoms with Gasteiger partial charge in [-0.05, 0) is 44.2 Å². The smallest absolute Gasteiger partial charge is 0.223 e. The van der Waals surface area contributed by atoms with Gasteiger partial charge in [0.15, 0.2) is 0 Å². The van der Waals surface area contributed by atoms with Gasteiger partial charge in [0.25, 0.3) is 0 Å². The molecule has 0 aromatic heterocycles. The van der Waals surface area contributed by atoms with Gasteiger partial charge in [0.1, 0.15) is 5.75 Å². The molecule has 1 atom stereocenters. The van der Waals surface area contributed by atoms with Crippen molar-refractivity contribution in [2.75, 3.05) is 6.61 Å². The number of para-hydroxylation sites is 1. The van der Waals surface area contributed by atoms with Crippen LogP contribution < -0.4 is 15.8 Å². The number of amides is 1. The molecule has 1 amide bonds. The van der Waals surface area contributed by atoms with E-state index in [2.05, 4.69) is 5.32 Å². The molecule has 1 aliphatic rings. The second-order valence-electron chi connectivity index (χ2n) is 5.97. The average molecular weight is 290 g/mol. The fourth-order valence-corrected chi connectivity index (χ4v) is 2.61. The first-order valence-corrected chi connectivity index (χ1v) is 7.89. The van der Waals surface area contributed by atoms with Crippen molar-refractivity contribution in [3.8, 4) is 5.75 Å². The molecule has 0 heterocycles. The summed E-state index contributed by atoms with van der Waals surface area (Å²) < 4.78 is 5.63. The summed E-state index contributed by atoms with van der Waals surface area (Å²) in [6.07, 6.45) is 4.75. The molecule has 0 saturated heterocycles. The minimum atomic E-state index is -0.0238. The maximum atomic E-state index is 12.1. The summed E-state index contributed by atoms with van der Waals surface area (Å²) >= 11 is 0. The summed E-state index contributed by atoms with van der Waals surface area (Å²) in [5.74, 6) is 0.961. The van der Waals surface area contributed by atoms with Gasteiger partial charge in [-0.3, -0.25) is 4.79 Å². The highest BCUT2D eigenvalue weighted by molar-refractivity contribution is 5.78. The highest BCUT2D eigenvalue weighted by Crippen LogP contribution is 2.18. The van der Waals surface area contributed by atoms with Crippen molar-refractivity contribution in [3.05, 3.63) is 30.3 Å². The molecule has 1 unspecified atom stereocenters. The molecule has 1 aromatic carbocycles. The van der Waals surface area contributed by atoms with Crippen LogP contribution in [0.4, 0.5) is 0 Å². The van der Waals surface area contributed by atoms with E-state index in [0.717, 1.165) is 37.9 Å². The summed E-state index contributed by atoms with van der Waals surface area (Å²) in [5, 5.41) is 3.14. The molecule has 0 bridgehead atoms. The Bertz CT molecular complexity index is 428. The van der Waals surface area contributed by atoms with E-state index in [-0.39, 0.29) is 11.8 Å². The third-order valence-corrected chi connectivity index (χ3v) is 4.13. The maximum Gasteiger partial charge on any atom is 0.223 e. The molecule has 0 aliphatic heterocycles. The van der Waals surface area contributed by atoms with E-state index < -0.39 is 0 Å². The van der Waals surface area contributed by atoms with E-state index in [1.54, 1.807) is 0 Å². The number of rotatable bonds is 6. The molecule has 3 N–H and O–H groups in total. The van der Waals surface area contributed by atoms with Crippen LogP contribution >= 0.6 is 0 Å². The first kappa shape index (κ1) is 15.8. The van der Waals surface area contributed by atoms with Gasteiger partial charge in [-0.2, -0.15) is 0 Å². The molecule has 1 fully saturated rings. The third kappa shape index (κ3) is 5.38. The van der Waals surface area contributed by atoms with Crippen molar-refractivity contribution in [2.45, 2.75) is 51.1 Å². The van der Waals surface area contributed by atoms with E-state index in [0.29, 0.717) is 18.7 Å². The van der Waals surface area contributed by atoms with E-state index in [1.807, 2.05) is 37.3 Å². The predicted octanol–water partition coefficient (Wildman–Crippen LogP) is 2.48. The Morgan fingerprint density at radius 1 is 1.29 bits per heavy atom. The Morgan fingerprint density at radius 3 is 2.62 bits per heavy atom. The molecule has 0 spiro atoms. The fraction of sp³-hybridized carbons (Fsp3) is 0.588. The molecule has 21 heavy (non-hydrogen) atoms. The lowest BCUT2D eigenvalue weighted by atomic mass is 9.91. The fourth-order valence-electron chi connectivity index (χ4n) is 2.61. The van der Waals surface area contributed by atoms with Gasteiger partial charge < -0.3 is 15.8 Å². The van der Waals surface area contributed by atoms with Crippen molar-refractivity contribution in [2.24, 2.45) is 11.7 Å². The predicted molar refractivity (Wildman–Crippen MR) is 84.1 cm³/mol. The zero-order valence-electron chi connectivity index (χ0n) is 12.8. The average Bonchev–Trinajstić information content (AvgIpc) is 2.50. The zero-order chi connectivity index (χ0) is 15.1. The quantitative estimate of drug-likeness (QED) is 0.846. The lowest BCUT2D eigenvalue weighted by Crippen LogP contribution is -2.42. The number of carbonyl (C=O) groups excluding carboxylic acids is 1. The van der Waals surface area contributed by atoms with Crippen LogP contribution in [0.15, 0.2) is 30.3 Å². The summed E-state index contributed by atoms with van der Waals surface area (Å²) in [7, 11) is 0. The van der Waals surface area contributed by atoms with Crippen LogP contribution in [-0.2, 0) is 4.79 Å². The van der Waals surface area contributed by atoms with Crippen molar-refractivity contribution in [3.63, 3.8) is 0 Å². The van der Waals surface area contributed by atoms with Crippen molar-refractivity contribution in [1.29, 1.82) is 0 Å². The van der Waals surface area contributed by atoms with Crippen LogP contribution in [0.1, 0.15) is 39.0 Å². The van der Waals surface area contributed by atoms with E-state index in [9.17, 15) is 4.79 Å². The van der Waals surface area contributed by atoms with E-state index >= 15 is 0 Å². The van der Waals surface area contributed by atoms with Gasteiger partial charge in [0, 0.05) is 18.0 Å². The van der Waals surface area contributed by atoms with Crippen LogP contribution in [0, 0.1) is 5.92 Å². The summed E-state index contributed by atoms with van der Waals surface area (Å²) in [4.78, 5) is 12.1. The molecule has 4 nitrogen and oxygen atoms in total. The van der Waals surface area contributed by atoms with Crippen LogP contribution in [0.3, 0.4) is 0 Å². The second-order valence-corrected chi connectivity index (χ2v) is 5.97. The van der Waals surface area contributed by atoms with Crippen LogP contribution in [0.2, 0.25) is 0 Å². The Labute approximate surface area is 127 Å². The van der Waals surface area contributed by atoms with Gasteiger partial charge in [-0.25, -0.2) is 0 Å². The third-order valence-electron chi connectivity index (χ3n) is 4.13. The SMILES string of the molecule is CC(CCOc1ccccc1)C(=O)NC1CCC(N)CC1. The number of nitrogens with two attached hydrogens (primary N) is 1. The number of benzene rings is 1. The van der Waals surface area contributed by atoms with Crippen LogP contribution in [-0.4, -0.2) is 24.6 Å². The minimum Gasteiger partial charge on any atom is -0.494 e. The Balaban J connectivity index is 1.65. The number of carbonyl (C=O) groups is 1. The first-order chi connectivity index (χ1) is 10.1. The number of nitrogens with one attached hydrogen (secondary N) is 1. The normalized spacial score (nSPS) is 23.3. The van der Waals surface area contributed by atoms with Crippen LogP contribution in [0.25, 0.3) is 0 Å². The topological polar surface area (TPSA) is 64.3 Å². The monoisotopic (exact) mass is 290 g/mol. The molecular weight excluding hydrogens is 264 g/mol. The van der Waals surface area contributed by atoms with Gasteiger partial charge in [-0.15, -0.1) is 0 Å². The van der Waals surface area contributed by atoms with Crippen molar-refractivity contribution in [1.82, 2.24) is 5.32 Å². The number of hydrogen-bond donors (Lipinski definition) is 2. The molecule has 116 valence electrons. The van der Waals surface area contributed by atoms with Gasteiger partial charge in [0.2, 0.25) is 5.91 Å². The maximum absolute atomic E-state index is 12.1. The largest absolute Gasteiger partial charge is 0.494 e. The molecule has 4 heteroatoms. The Hall–Kier alpha value is -1.55. The zero-order valence-corrected chi connectivity index (χ0v) is 12.8. The highest BCUT2D eigenvalue weighted by atomic mass is 16.5. The Morgan fingerprint density at radius 2 is 1.95 bits per heavy atom. The number of hydrogen-bond acceptors (Lipinski definition) is 3. The molecular formula is C17H26N2O2. The molecule has 1 saturated carbocycles. The summed E-state index contributed by atoms with van der Waals surface area (Å²) in [6.45, 7) is 2.52. The second kappa shape index (κ2) is 8.03. The van der Waals surface area contributed by atoms with Crippen molar-refractivity contribution < 1.29 is 9.53 Å². The molecule has 2 rings (SSSR count). The highest BCUT2D eigenvalue weighted by Gasteiger charge is 2.22. The molecule has 1 aliphatic carbocycles. The van der Waals surface area contributed by atoms with E-state index in [1.165, 1.54) is 0 Å². The lowest BCUT2D eigenvalue weighted by molar-refractivity contribution is -0.125. The molecule has 1 aromatic rings. The standard InChI is InChI=1S/C17H26N2O2/c1-13(11-12-21-16-5-3-2-4-6-16)17(20)19-15-9-7-14(18)8-10-15/h2-6,13-15H,7-12,18H2,1H3,(H,19,20). The summed E-state index contributed by atoms with van der Waals surface area (Å²) in [5.41, 5.74) is 5.88. The van der Waals surface area contributed by atoms with E-state index in [4.69, 9.17) is 10.5 Å². The first-order valence-electron chi connectivity index (χ1n) is 7.89. The van der Waals surface area contributed by atoms with Gasteiger partial charge in [0.05, 0.1) is 6.61 Å². The summed E-state index contributed by atoms with van der Waals surface area (Å²) in [6, 6.07) is 10.3. The van der Waals surface area contributed by atoms with Gasteiger partial charge in [-0.1, -0.05) is 25.1 Å². The van der Waals surface area contributed by atoms with Crippen molar-refractivity contribution >= 4 is 5.91 Å². The lowest BCUT2D eigenvalue weighted by Gasteiger charge is -2.27. The molecule has 0 radical (unpaired) electrons. The Kier molecular flexibility index (Phi) is 6.05.